The Morgan fingerprint density at radius 1 is 1.29 bits per heavy atom. The van der Waals surface area contributed by atoms with Crippen LogP contribution in [0.4, 0.5) is 25.2 Å². The molecule has 0 aliphatic carbocycles. The lowest BCUT2D eigenvalue weighted by atomic mass is 9.98. The number of alkyl halides is 2. The second kappa shape index (κ2) is 10.2. The summed E-state index contributed by atoms with van der Waals surface area (Å²) < 4.78 is 33.8. The van der Waals surface area contributed by atoms with Crippen LogP contribution in [0.5, 0.6) is 0 Å². The number of alkyl carbamates (subject to hydrolysis) is 1. The second-order valence-corrected chi connectivity index (χ2v) is 9.39. The van der Waals surface area contributed by atoms with Gasteiger partial charge < -0.3 is 20.3 Å². The first kappa shape index (κ1) is 25.8. The summed E-state index contributed by atoms with van der Waals surface area (Å²) in [7, 11) is 0. The lowest BCUT2D eigenvalue weighted by Gasteiger charge is -2.39. The third kappa shape index (κ3) is 7.09. The molecule has 1 fully saturated rings. The fourth-order valence-corrected chi connectivity index (χ4v) is 3.61. The number of anilines is 2. The van der Waals surface area contributed by atoms with Gasteiger partial charge in [-0.2, -0.15) is 5.26 Å². The molecule has 0 spiro atoms. The first-order valence-corrected chi connectivity index (χ1v) is 11.1. The Bertz CT molecular complexity index is 1140. The number of halogens is 2. The average molecular weight is 487 g/mol. The van der Waals surface area contributed by atoms with Gasteiger partial charge in [-0.05, 0) is 57.9 Å². The number of ether oxygens (including phenoxy) is 1. The van der Waals surface area contributed by atoms with Crippen molar-refractivity contribution in [2.45, 2.75) is 58.1 Å². The highest BCUT2D eigenvalue weighted by Crippen LogP contribution is 2.31. The number of amides is 2. The van der Waals surface area contributed by atoms with Crippen molar-refractivity contribution < 1.29 is 23.1 Å². The fourth-order valence-electron chi connectivity index (χ4n) is 3.61. The molecule has 2 N–H and O–H groups in total. The van der Waals surface area contributed by atoms with Crippen LogP contribution in [0.2, 0.25) is 0 Å². The van der Waals surface area contributed by atoms with Gasteiger partial charge in [0.15, 0.2) is 0 Å². The number of aryl methyl sites for hydroxylation is 1. The Kier molecular flexibility index (Phi) is 7.53. The van der Waals surface area contributed by atoms with Gasteiger partial charge in [0.05, 0.1) is 24.2 Å². The maximum absolute atomic E-state index is 14.3. The quantitative estimate of drug-likeness (QED) is 0.651. The molecule has 186 valence electrons. The van der Waals surface area contributed by atoms with E-state index in [-0.39, 0.29) is 24.5 Å². The van der Waals surface area contributed by atoms with E-state index in [0.717, 1.165) is 4.90 Å². The molecule has 2 amide bonds. The Morgan fingerprint density at radius 2 is 2.03 bits per heavy atom. The maximum Gasteiger partial charge on any atom is 0.407 e. The predicted molar refractivity (Wildman–Crippen MR) is 124 cm³/mol. The third-order valence-corrected chi connectivity index (χ3v) is 5.27. The number of hydrogen-bond acceptors (Lipinski definition) is 7. The van der Waals surface area contributed by atoms with Crippen molar-refractivity contribution in [2.24, 2.45) is 0 Å². The molecule has 11 heteroatoms. The van der Waals surface area contributed by atoms with Crippen molar-refractivity contribution in [2.75, 3.05) is 18.4 Å². The topological polar surface area (TPSA) is 120 Å². The summed E-state index contributed by atoms with van der Waals surface area (Å²) in [5.74, 6) is -3.10. The van der Waals surface area contributed by atoms with E-state index in [1.807, 2.05) is 6.07 Å². The number of likely N-dealkylation sites (tertiary alicyclic amines) is 1. The van der Waals surface area contributed by atoms with Gasteiger partial charge in [0, 0.05) is 19.2 Å². The number of aromatic nitrogens is 2. The molecule has 0 aromatic carbocycles. The normalized spacial score (nSPS) is 17.3. The van der Waals surface area contributed by atoms with Crippen LogP contribution in [0, 0.1) is 18.3 Å². The summed E-state index contributed by atoms with van der Waals surface area (Å²) in [5.41, 5.74) is 0.190. The van der Waals surface area contributed by atoms with Crippen LogP contribution >= 0.6 is 0 Å². The largest absolute Gasteiger partial charge is 0.444 e. The molecule has 0 saturated carbocycles. The molecule has 1 aliphatic rings. The van der Waals surface area contributed by atoms with Crippen molar-refractivity contribution in [1.29, 1.82) is 5.26 Å². The van der Waals surface area contributed by atoms with Crippen molar-refractivity contribution >= 4 is 23.6 Å². The van der Waals surface area contributed by atoms with Crippen LogP contribution in [0.3, 0.4) is 0 Å². The summed E-state index contributed by atoms with van der Waals surface area (Å²) in [6.45, 7) is 5.99. The van der Waals surface area contributed by atoms with Gasteiger partial charge in [-0.1, -0.05) is 6.07 Å². The van der Waals surface area contributed by atoms with Gasteiger partial charge in [0.25, 0.3) is 11.8 Å². The molecule has 3 rings (SSSR count). The van der Waals surface area contributed by atoms with Crippen LogP contribution in [0.15, 0.2) is 30.5 Å². The molecule has 3 heterocycles. The monoisotopic (exact) mass is 486 g/mol. The van der Waals surface area contributed by atoms with E-state index < -0.39 is 42.5 Å². The SMILES string of the molecule is Cc1ccc(Nc2cc(C#N)ccn2)nc1C(=O)N1CC(F)(F)CC[C@@H]1CNC(=O)OC(C)(C)C. The van der Waals surface area contributed by atoms with Crippen LogP contribution in [0.1, 0.15) is 55.2 Å². The van der Waals surface area contributed by atoms with Crippen molar-refractivity contribution in [3.8, 4) is 6.07 Å². The van der Waals surface area contributed by atoms with E-state index in [9.17, 15) is 18.4 Å². The highest BCUT2D eigenvalue weighted by Gasteiger charge is 2.43. The minimum Gasteiger partial charge on any atom is -0.444 e. The zero-order chi connectivity index (χ0) is 25.8. The van der Waals surface area contributed by atoms with Gasteiger partial charge in [0.1, 0.15) is 22.9 Å². The molecule has 1 atom stereocenters. The summed E-state index contributed by atoms with van der Waals surface area (Å²) in [6, 6.07) is 7.69. The van der Waals surface area contributed by atoms with Gasteiger partial charge in [0.2, 0.25) is 0 Å². The molecule has 9 nitrogen and oxygen atoms in total. The maximum atomic E-state index is 14.3. The van der Waals surface area contributed by atoms with Crippen molar-refractivity contribution in [1.82, 2.24) is 20.2 Å². The van der Waals surface area contributed by atoms with E-state index in [0.29, 0.717) is 16.9 Å². The summed E-state index contributed by atoms with van der Waals surface area (Å²) in [5, 5.41) is 14.6. The Morgan fingerprint density at radius 3 is 2.71 bits per heavy atom. The van der Waals surface area contributed by atoms with E-state index in [1.54, 1.807) is 45.9 Å². The minimum atomic E-state index is -3.05. The van der Waals surface area contributed by atoms with E-state index in [2.05, 4.69) is 20.6 Å². The lowest BCUT2D eigenvalue weighted by molar-refractivity contribution is -0.0718. The number of pyridine rings is 2. The molecular formula is C24H28F2N6O3. The molecule has 0 bridgehead atoms. The first-order chi connectivity index (χ1) is 16.4. The number of rotatable bonds is 5. The number of piperidine rings is 1. The molecule has 2 aromatic rings. The molecule has 0 unspecified atom stereocenters. The average Bonchev–Trinajstić information content (AvgIpc) is 2.77. The predicted octanol–water partition coefficient (Wildman–Crippen LogP) is 4.16. The van der Waals surface area contributed by atoms with Crippen molar-refractivity contribution in [3.63, 3.8) is 0 Å². The highest BCUT2D eigenvalue weighted by molar-refractivity contribution is 5.94. The van der Waals surface area contributed by atoms with E-state index >= 15 is 0 Å². The number of hydrogen-bond donors (Lipinski definition) is 2. The van der Waals surface area contributed by atoms with Crippen LogP contribution < -0.4 is 10.6 Å². The molecule has 35 heavy (non-hydrogen) atoms. The number of carbonyl (C=O) groups is 2. The third-order valence-electron chi connectivity index (χ3n) is 5.27. The van der Waals surface area contributed by atoms with Gasteiger partial charge in [-0.25, -0.2) is 23.5 Å². The Labute approximate surface area is 202 Å². The van der Waals surface area contributed by atoms with Gasteiger partial charge in [-0.15, -0.1) is 0 Å². The highest BCUT2D eigenvalue weighted by atomic mass is 19.3. The zero-order valence-corrected chi connectivity index (χ0v) is 20.1. The summed E-state index contributed by atoms with van der Waals surface area (Å²) >= 11 is 0. The Balaban J connectivity index is 1.81. The number of nitrogens with one attached hydrogen (secondary N) is 2. The second-order valence-electron chi connectivity index (χ2n) is 9.39. The van der Waals surface area contributed by atoms with Gasteiger partial charge >= 0.3 is 6.09 Å². The van der Waals surface area contributed by atoms with Crippen LogP contribution in [-0.4, -0.2) is 57.5 Å². The minimum absolute atomic E-state index is 0.00593. The smallest absolute Gasteiger partial charge is 0.407 e. The van der Waals surface area contributed by atoms with E-state index in [4.69, 9.17) is 10.00 Å². The Hall–Kier alpha value is -3.81. The molecule has 0 radical (unpaired) electrons. The summed E-state index contributed by atoms with van der Waals surface area (Å²) in [4.78, 5) is 35.0. The molecular weight excluding hydrogens is 458 g/mol. The first-order valence-electron chi connectivity index (χ1n) is 11.1. The standard InChI is InChI=1S/C24H28F2N6O3/c1-15-5-6-18(30-19-11-16(12-27)8-10-28-19)31-20(15)21(33)32-14-24(25,26)9-7-17(32)13-29-22(34)35-23(2,3)4/h5-6,8,10-11,17H,7,9,13-14H2,1-4H3,(H,29,34)(H,28,30,31)/t17-/m1/s1. The molecule has 1 aliphatic heterocycles. The molecule has 2 aromatic heterocycles. The van der Waals surface area contributed by atoms with E-state index in [1.165, 1.54) is 12.3 Å². The fraction of sp³-hybridized carbons (Fsp3) is 0.458. The van der Waals surface area contributed by atoms with Crippen molar-refractivity contribution in [3.05, 3.63) is 47.3 Å². The van der Waals surface area contributed by atoms with Crippen LogP contribution in [0.25, 0.3) is 0 Å². The molecule has 1 saturated heterocycles. The number of carbonyl (C=O) groups excluding carboxylic acids is 2. The number of nitrogens with zero attached hydrogens (tertiary/aromatic N) is 4. The van der Waals surface area contributed by atoms with Crippen LogP contribution in [-0.2, 0) is 4.74 Å². The lowest BCUT2D eigenvalue weighted by Crippen LogP contribution is -2.55. The number of nitriles is 1. The zero-order valence-electron chi connectivity index (χ0n) is 20.1. The summed E-state index contributed by atoms with van der Waals surface area (Å²) in [6.07, 6.45) is 0.386. The van der Waals surface area contributed by atoms with Gasteiger partial charge in [-0.3, -0.25) is 4.79 Å².